The Morgan fingerprint density at radius 3 is 2.31 bits per heavy atom. The average molecular weight is 557 g/mol. The minimum Gasteiger partial charge on any atom is -0.488 e. The fourth-order valence-corrected chi connectivity index (χ4v) is 4.71. The maximum Gasteiger partial charge on any atom is 0.303 e. The Hall–Kier alpha value is -4.06. The summed E-state index contributed by atoms with van der Waals surface area (Å²) in [6.07, 6.45) is 0.451. The molecule has 0 aliphatic heterocycles. The van der Waals surface area contributed by atoms with E-state index >= 15 is 0 Å². The Bertz CT molecular complexity index is 1580. The fourth-order valence-electron chi connectivity index (χ4n) is 4.38. The van der Waals surface area contributed by atoms with Crippen molar-refractivity contribution in [3.05, 3.63) is 130 Å². The van der Waals surface area contributed by atoms with E-state index in [2.05, 4.69) is 12.1 Å². The molecule has 0 bridgehead atoms. The summed E-state index contributed by atoms with van der Waals surface area (Å²) in [5, 5.41) is 15.5. The third-order valence-corrected chi connectivity index (χ3v) is 6.81. The molecule has 0 unspecified atom stereocenters. The predicted octanol–water partition coefficient (Wildman–Crippen LogP) is 8.17. The van der Waals surface area contributed by atoms with Crippen LogP contribution in [-0.4, -0.2) is 20.9 Å². The first-order chi connectivity index (χ1) is 18.9. The van der Waals surface area contributed by atoms with Crippen LogP contribution < -0.4 is 4.74 Å². The van der Waals surface area contributed by atoms with Crippen LogP contribution in [0.4, 0.5) is 0 Å². The molecule has 39 heavy (non-hydrogen) atoms. The van der Waals surface area contributed by atoms with Gasteiger partial charge in [0.25, 0.3) is 0 Å². The smallest absolute Gasteiger partial charge is 0.303 e. The van der Waals surface area contributed by atoms with Crippen LogP contribution >= 0.6 is 23.2 Å². The number of rotatable bonds is 10. The summed E-state index contributed by atoms with van der Waals surface area (Å²) in [4.78, 5) is 11.2. The van der Waals surface area contributed by atoms with Crippen molar-refractivity contribution in [1.29, 1.82) is 0 Å². The monoisotopic (exact) mass is 556 g/mol. The van der Waals surface area contributed by atoms with E-state index in [4.69, 9.17) is 33.0 Å². The van der Waals surface area contributed by atoms with Gasteiger partial charge in [0.15, 0.2) is 0 Å². The number of hydrogen-bond donors (Lipinski definition) is 1. The van der Waals surface area contributed by atoms with Gasteiger partial charge in [0.2, 0.25) is 0 Å². The molecular weight excluding hydrogens is 531 g/mol. The summed E-state index contributed by atoms with van der Waals surface area (Å²) >= 11 is 12.3. The van der Waals surface area contributed by atoms with Gasteiger partial charge in [-0.3, -0.25) is 9.48 Å². The second kappa shape index (κ2) is 12.2. The van der Waals surface area contributed by atoms with Gasteiger partial charge in [-0.25, -0.2) is 0 Å². The molecule has 5 rings (SSSR count). The van der Waals surface area contributed by atoms with Gasteiger partial charge >= 0.3 is 5.97 Å². The Morgan fingerprint density at radius 2 is 1.56 bits per heavy atom. The molecule has 0 aliphatic carbocycles. The number of ether oxygens (including phenoxy) is 1. The minimum absolute atomic E-state index is 0.0423. The van der Waals surface area contributed by atoms with Crippen LogP contribution in [0.5, 0.6) is 5.75 Å². The summed E-state index contributed by atoms with van der Waals surface area (Å²) in [6, 6.07) is 33.2. The second-order valence-corrected chi connectivity index (χ2v) is 10.1. The summed E-state index contributed by atoms with van der Waals surface area (Å²) in [5.41, 5.74) is 6.40. The molecule has 5 aromatic rings. The van der Waals surface area contributed by atoms with E-state index in [9.17, 15) is 9.90 Å². The number of aryl methyl sites for hydroxylation is 1. The lowest BCUT2D eigenvalue weighted by Crippen LogP contribution is -2.04. The van der Waals surface area contributed by atoms with E-state index in [1.54, 1.807) is 0 Å². The molecule has 0 radical (unpaired) electrons. The Kier molecular flexibility index (Phi) is 8.30. The van der Waals surface area contributed by atoms with Gasteiger partial charge in [-0.2, -0.15) is 5.10 Å². The molecule has 0 saturated carbocycles. The minimum atomic E-state index is -0.838. The zero-order valence-electron chi connectivity index (χ0n) is 21.1. The Balaban J connectivity index is 1.56. The van der Waals surface area contributed by atoms with Gasteiger partial charge < -0.3 is 9.84 Å². The average Bonchev–Trinajstić information content (AvgIpc) is 3.35. The van der Waals surface area contributed by atoms with Crippen molar-refractivity contribution in [2.75, 3.05) is 0 Å². The number of aliphatic carboxylic acids is 1. The SMILES string of the molecule is O=C(O)CCc1ccc(OCc2cccc(Cl)c2)c(-c2cc(-c3ccc(Cl)cc3)n(Cc3ccccc3)n2)c1. The number of carbonyl (C=O) groups is 1. The van der Waals surface area contributed by atoms with E-state index in [1.807, 2.05) is 95.7 Å². The van der Waals surface area contributed by atoms with Crippen molar-refractivity contribution in [3.63, 3.8) is 0 Å². The van der Waals surface area contributed by atoms with Crippen molar-refractivity contribution in [2.24, 2.45) is 0 Å². The zero-order chi connectivity index (χ0) is 27.2. The maximum absolute atomic E-state index is 11.2. The van der Waals surface area contributed by atoms with Crippen molar-refractivity contribution < 1.29 is 14.6 Å². The van der Waals surface area contributed by atoms with Crippen LogP contribution in [0.25, 0.3) is 22.5 Å². The number of aromatic nitrogens is 2. The van der Waals surface area contributed by atoms with Gasteiger partial charge in [-0.1, -0.05) is 83.9 Å². The summed E-state index contributed by atoms with van der Waals surface area (Å²) in [6.45, 7) is 0.910. The highest BCUT2D eigenvalue weighted by atomic mass is 35.5. The van der Waals surface area contributed by atoms with E-state index in [0.29, 0.717) is 35.4 Å². The number of nitrogens with zero attached hydrogens (tertiary/aromatic N) is 2. The lowest BCUT2D eigenvalue weighted by molar-refractivity contribution is -0.136. The molecule has 1 N–H and O–H groups in total. The molecule has 0 fully saturated rings. The highest BCUT2D eigenvalue weighted by Crippen LogP contribution is 2.35. The van der Waals surface area contributed by atoms with Crippen molar-refractivity contribution in [1.82, 2.24) is 9.78 Å². The molecule has 196 valence electrons. The molecule has 0 atom stereocenters. The van der Waals surface area contributed by atoms with E-state index in [-0.39, 0.29) is 6.42 Å². The second-order valence-electron chi connectivity index (χ2n) is 9.21. The topological polar surface area (TPSA) is 64.3 Å². The molecule has 4 aromatic carbocycles. The van der Waals surface area contributed by atoms with Crippen LogP contribution in [0, 0.1) is 0 Å². The van der Waals surface area contributed by atoms with Crippen LogP contribution in [0.1, 0.15) is 23.1 Å². The van der Waals surface area contributed by atoms with Gasteiger partial charge in [0, 0.05) is 22.0 Å². The fraction of sp³-hybridized carbons (Fsp3) is 0.125. The van der Waals surface area contributed by atoms with E-state index < -0.39 is 5.97 Å². The number of benzene rings is 4. The molecule has 1 aromatic heterocycles. The largest absolute Gasteiger partial charge is 0.488 e. The third kappa shape index (κ3) is 6.88. The van der Waals surface area contributed by atoms with Gasteiger partial charge in [-0.15, -0.1) is 0 Å². The van der Waals surface area contributed by atoms with E-state index in [1.165, 1.54) is 0 Å². The molecule has 5 nitrogen and oxygen atoms in total. The van der Waals surface area contributed by atoms with Gasteiger partial charge in [0.05, 0.1) is 17.9 Å². The van der Waals surface area contributed by atoms with Gasteiger partial charge in [0.1, 0.15) is 12.4 Å². The van der Waals surface area contributed by atoms with Crippen LogP contribution in [-0.2, 0) is 24.4 Å². The van der Waals surface area contributed by atoms with E-state index in [0.717, 1.165) is 39.2 Å². The lowest BCUT2D eigenvalue weighted by Gasteiger charge is -2.12. The van der Waals surface area contributed by atoms with Crippen LogP contribution in [0.15, 0.2) is 103 Å². The molecule has 0 saturated heterocycles. The summed E-state index contributed by atoms with van der Waals surface area (Å²) < 4.78 is 8.23. The molecule has 7 heteroatoms. The summed E-state index contributed by atoms with van der Waals surface area (Å²) in [7, 11) is 0. The van der Waals surface area contributed by atoms with Crippen molar-refractivity contribution in [3.8, 4) is 28.3 Å². The normalized spacial score (nSPS) is 10.9. The zero-order valence-corrected chi connectivity index (χ0v) is 22.6. The highest BCUT2D eigenvalue weighted by molar-refractivity contribution is 6.30. The highest BCUT2D eigenvalue weighted by Gasteiger charge is 2.17. The van der Waals surface area contributed by atoms with Crippen LogP contribution in [0.2, 0.25) is 10.0 Å². The molecule has 0 amide bonds. The van der Waals surface area contributed by atoms with Gasteiger partial charge in [-0.05, 0) is 71.1 Å². The molecular formula is C32H26Cl2N2O3. The third-order valence-electron chi connectivity index (χ3n) is 6.33. The van der Waals surface area contributed by atoms with Crippen molar-refractivity contribution >= 4 is 29.2 Å². The van der Waals surface area contributed by atoms with Crippen molar-refractivity contribution in [2.45, 2.75) is 26.0 Å². The number of hydrogen-bond acceptors (Lipinski definition) is 3. The Labute approximate surface area is 237 Å². The maximum atomic E-state index is 11.2. The standard InChI is InChI=1S/C32H26Cl2N2O3/c33-26-13-11-25(12-14-26)30-19-29(35-36(30)20-23-5-2-1-3-6-23)28-18-22(10-16-32(37)38)9-15-31(28)39-21-24-7-4-8-27(34)17-24/h1-9,11-15,17-19H,10,16,20-21H2,(H,37,38). The first-order valence-electron chi connectivity index (χ1n) is 12.5. The number of carboxylic acids is 1. The van der Waals surface area contributed by atoms with Crippen LogP contribution in [0.3, 0.4) is 0 Å². The lowest BCUT2D eigenvalue weighted by atomic mass is 10.0. The number of carboxylic acid groups (broad SMARTS) is 1. The quantitative estimate of drug-likeness (QED) is 0.188. The first-order valence-corrected chi connectivity index (χ1v) is 13.3. The number of halogens is 2. The predicted molar refractivity (Wildman–Crippen MR) is 155 cm³/mol. The molecule has 0 aliphatic rings. The Morgan fingerprint density at radius 1 is 0.795 bits per heavy atom. The molecule has 1 heterocycles. The summed E-state index contributed by atoms with van der Waals surface area (Å²) in [5.74, 6) is -0.184. The first kappa shape index (κ1) is 26.5. The molecule has 0 spiro atoms.